The second-order valence-electron chi connectivity index (χ2n) is 4.82. The minimum atomic E-state index is 0.216. The van der Waals surface area contributed by atoms with Crippen molar-refractivity contribution in [2.45, 2.75) is 19.8 Å². The molecular weight excluding hydrogens is 244 g/mol. The van der Waals surface area contributed by atoms with E-state index >= 15 is 0 Å². The Morgan fingerprint density at radius 2 is 1.89 bits per heavy atom. The smallest absolute Gasteiger partial charge is 0.175 e. The van der Waals surface area contributed by atoms with Crippen LogP contribution in [0.25, 0.3) is 11.1 Å². The van der Waals surface area contributed by atoms with E-state index in [9.17, 15) is 0 Å². The summed E-state index contributed by atoms with van der Waals surface area (Å²) in [5.41, 5.74) is 7.69. The number of hydrogen-bond donors (Lipinski definition) is 1. The molecule has 100 valence electrons. The van der Waals surface area contributed by atoms with Gasteiger partial charge in [-0.05, 0) is 17.7 Å². The number of ether oxygens (including phenoxy) is 2. The summed E-state index contributed by atoms with van der Waals surface area (Å²) in [5.74, 6) is 2.90. The van der Waals surface area contributed by atoms with Gasteiger partial charge in [-0.1, -0.05) is 25.1 Å². The van der Waals surface area contributed by atoms with Gasteiger partial charge in [0, 0.05) is 5.92 Å². The first-order chi connectivity index (χ1) is 9.16. The van der Waals surface area contributed by atoms with Crippen LogP contribution in [0.1, 0.15) is 25.5 Å². The molecule has 3 rings (SSSR count). The Morgan fingerprint density at radius 3 is 2.63 bits per heavy atom. The molecule has 0 amide bonds. The second kappa shape index (κ2) is 4.50. The monoisotopic (exact) mass is 260 g/mol. The number of anilines is 1. The minimum Gasteiger partial charge on any atom is -0.486 e. The summed E-state index contributed by atoms with van der Waals surface area (Å²) in [6, 6.07) is 5.76. The summed E-state index contributed by atoms with van der Waals surface area (Å²) < 4.78 is 16.4. The molecular formula is C14H16N2O3. The molecule has 0 bridgehead atoms. The van der Waals surface area contributed by atoms with Crippen LogP contribution in [-0.4, -0.2) is 18.4 Å². The topological polar surface area (TPSA) is 70.5 Å². The van der Waals surface area contributed by atoms with Crippen LogP contribution in [-0.2, 0) is 0 Å². The van der Waals surface area contributed by atoms with Gasteiger partial charge in [0.25, 0.3) is 0 Å². The van der Waals surface area contributed by atoms with Crippen molar-refractivity contribution in [1.29, 1.82) is 0 Å². The van der Waals surface area contributed by atoms with Crippen LogP contribution < -0.4 is 15.2 Å². The summed E-state index contributed by atoms with van der Waals surface area (Å²) >= 11 is 0. The minimum absolute atomic E-state index is 0.216. The number of aromatic nitrogens is 1. The van der Waals surface area contributed by atoms with Crippen molar-refractivity contribution in [3.05, 3.63) is 24.0 Å². The Balaban J connectivity index is 2.09. The first-order valence-corrected chi connectivity index (χ1v) is 6.32. The van der Waals surface area contributed by atoms with Crippen LogP contribution in [0.4, 0.5) is 5.82 Å². The highest BCUT2D eigenvalue weighted by molar-refractivity contribution is 5.77. The lowest BCUT2D eigenvalue weighted by Gasteiger charge is -2.19. The number of nitrogen functional groups attached to an aromatic ring is 1. The van der Waals surface area contributed by atoms with Gasteiger partial charge in [-0.15, -0.1) is 0 Å². The van der Waals surface area contributed by atoms with E-state index < -0.39 is 0 Å². The largest absolute Gasteiger partial charge is 0.486 e. The third-order valence-corrected chi connectivity index (χ3v) is 3.10. The van der Waals surface area contributed by atoms with Gasteiger partial charge in [0.05, 0.1) is 5.56 Å². The van der Waals surface area contributed by atoms with E-state index in [1.807, 2.05) is 32.0 Å². The molecule has 1 aromatic heterocycles. The molecule has 0 aliphatic carbocycles. The molecule has 0 atom stereocenters. The molecule has 0 radical (unpaired) electrons. The fourth-order valence-corrected chi connectivity index (χ4v) is 2.20. The standard InChI is InChI=1S/C14H16N2O3/c1-8(2)13-12(14(15)16-19-13)9-3-4-10-11(7-9)18-6-5-17-10/h3-4,7-8H,5-6H2,1-2H3,(H2,15,16). The lowest BCUT2D eigenvalue weighted by atomic mass is 9.99. The molecule has 0 saturated heterocycles. The highest BCUT2D eigenvalue weighted by Gasteiger charge is 2.20. The van der Waals surface area contributed by atoms with E-state index in [1.54, 1.807) is 0 Å². The zero-order valence-electron chi connectivity index (χ0n) is 11.0. The van der Waals surface area contributed by atoms with Gasteiger partial charge in [-0.3, -0.25) is 0 Å². The summed E-state index contributed by atoms with van der Waals surface area (Å²) in [7, 11) is 0. The molecule has 19 heavy (non-hydrogen) atoms. The van der Waals surface area contributed by atoms with Crippen molar-refractivity contribution in [2.75, 3.05) is 18.9 Å². The van der Waals surface area contributed by atoms with Gasteiger partial charge in [0.2, 0.25) is 0 Å². The van der Waals surface area contributed by atoms with Crippen molar-refractivity contribution in [2.24, 2.45) is 0 Å². The maximum Gasteiger partial charge on any atom is 0.175 e. The molecule has 0 saturated carbocycles. The summed E-state index contributed by atoms with van der Waals surface area (Å²) in [5, 5.41) is 3.86. The Bertz CT molecular complexity index is 605. The Hall–Kier alpha value is -2.17. The van der Waals surface area contributed by atoms with Crippen molar-refractivity contribution in [3.63, 3.8) is 0 Å². The molecule has 1 aliphatic rings. The highest BCUT2D eigenvalue weighted by atomic mass is 16.6. The van der Waals surface area contributed by atoms with E-state index in [4.69, 9.17) is 19.7 Å². The predicted octanol–water partition coefficient (Wildman–Crippen LogP) is 2.82. The van der Waals surface area contributed by atoms with Gasteiger partial charge < -0.3 is 19.7 Å². The number of hydrogen-bond acceptors (Lipinski definition) is 5. The molecule has 5 heteroatoms. The Morgan fingerprint density at radius 1 is 1.16 bits per heavy atom. The maximum atomic E-state index is 5.91. The maximum absolute atomic E-state index is 5.91. The molecule has 0 spiro atoms. The highest BCUT2D eigenvalue weighted by Crippen LogP contribution is 2.39. The quantitative estimate of drug-likeness (QED) is 0.899. The van der Waals surface area contributed by atoms with E-state index in [0.717, 1.165) is 28.4 Å². The third-order valence-electron chi connectivity index (χ3n) is 3.10. The van der Waals surface area contributed by atoms with Gasteiger partial charge in [-0.2, -0.15) is 0 Å². The summed E-state index contributed by atoms with van der Waals surface area (Å²) in [4.78, 5) is 0. The fraction of sp³-hybridized carbons (Fsp3) is 0.357. The van der Waals surface area contributed by atoms with Crippen molar-refractivity contribution in [3.8, 4) is 22.6 Å². The Kier molecular flexibility index (Phi) is 2.81. The molecule has 1 aromatic carbocycles. The zero-order chi connectivity index (χ0) is 13.4. The van der Waals surface area contributed by atoms with E-state index in [1.165, 1.54) is 0 Å². The zero-order valence-corrected chi connectivity index (χ0v) is 11.0. The molecule has 0 fully saturated rings. The Labute approximate surface area is 111 Å². The van der Waals surface area contributed by atoms with Gasteiger partial charge in [0.15, 0.2) is 17.3 Å². The lowest BCUT2D eigenvalue weighted by molar-refractivity contribution is 0.171. The molecule has 2 aromatic rings. The number of nitrogens with two attached hydrogens (primary N) is 1. The molecule has 1 aliphatic heterocycles. The average Bonchev–Trinajstić information content (AvgIpc) is 2.80. The normalized spacial score (nSPS) is 13.8. The second-order valence-corrected chi connectivity index (χ2v) is 4.82. The van der Waals surface area contributed by atoms with Crippen LogP contribution in [0.5, 0.6) is 11.5 Å². The molecule has 0 unspecified atom stereocenters. The van der Waals surface area contributed by atoms with Crippen molar-refractivity contribution >= 4 is 5.82 Å². The van der Waals surface area contributed by atoms with Crippen LogP contribution >= 0.6 is 0 Å². The molecule has 2 heterocycles. The van der Waals surface area contributed by atoms with E-state index in [-0.39, 0.29) is 5.92 Å². The first kappa shape index (κ1) is 11.9. The average molecular weight is 260 g/mol. The van der Waals surface area contributed by atoms with Gasteiger partial charge in [-0.25, -0.2) is 0 Å². The van der Waals surface area contributed by atoms with Gasteiger partial charge >= 0.3 is 0 Å². The van der Waals surface area contributed by atoms with Gasteiger partial charge in [0.1, 0.15) is 19.0 Å². The van der Waals surface area contributed by atoms with Crippen molar-refractivity contribution in [1.82, 2.24) is 5.16 Å². The van der Waals surface area contributed by atoms with Crippen LogP contribution in [0.15, 0.2) is 22.7 Å². The van der Waals surface area contributed by atoms with Crippen LogP contribution in [0.3, 0.4) is 0 Å². The third kappa shape index (κ3) is 2.01. The van der Waals surface area contributed by atoms with E-state index in [2.05, 4.69) is 5.16 Å². The van der Waals surface area contributed by atoms with Crippen molar-refractivity contribution < 1.29 is 14.0 Å². The number of nitrogens with zero attached hydrogens (tertiary/aromatic N) is 1. The number of fused-ring (bicyclic) bond motifs is 1. The first-order valence-electron chi connectivity index (χ1n) is 6.32. The molecule has 2 N–H and O–H groups in total. The van der Waals surface area contributed by atoms with Crippen LogP contribution in [0.2, 0.25) is 0 Å². The summed E-state index contributed by atoms with van der Waals surface area (Å²) in [6.07, 6.45) is 0. The lowest BCUT2D eigenvalue weighted by Crippen LogP contribution is -2.15. The fourth-order valence-electron chi connectivity index (χ4n) is 2.20. The SMILES string of the molecule is CC(C)c1onc(N)c1-c1ccc2c(c1)OCCO2. The number of rotatable bonds is 2. The summed E-state index contributed by atoms with van der Waals surface area (Å²) in [6.45, 7) is 5.23. The van der Waals surface area contributed by atoms with E-state index in [0.29, 0.717) is 19.0 Å². The molecule has 5 nitrogen and oxygen atoms in total. The number of benzene rings is 1. The van der Waals surface area contributed by atoms with Crippen LogP contribution in [0, 0.1) is 0 Å². The predicted molar refractivity (Wildman–Crippen MR) is 71.4 cm³/mol.